The summed E-state index contributed by atoms with van der Waals surface area (Å²) in [7, 11) is 0. The number of hydrogen-bond acceptors (Lipinski definition) is 3. The van der Waals surface area contributed by atoms with E-state index in [0.717, 1.165) is 28.2 Å². The lowest BCUT2D eigenvalue weighted by Gasteiger charge is -2.15. The first-order valence-electron chi connectivity index (χ1n) is 9.15. The van der Waals surface area contributed by atoms with Gasteiger partial charge in [-0.2, -0.15) is 13.9 Å². The molecular formula is C21H21ClF2N4OS. The van der Waals surface area contributed by atoms with Gasteiger partial charge in [-0.25, -0.2) is 0 Å². The standard InChI is InChI=1S/C21H21ClF2N4OS/c1-12-7-8-18(29-20(23)24)17(9-12)25-21(30)26-19-13(2)27-28(14(19)3)11-15-5-4-6-16(22)10-15/h4-10,20H,11H2,1-3H3,(H2,25,26,30). The topological polar surface area (TPSA) is 51.1 Å². The SMILES string of the molecule is Cc1ccc(OC(F)F)c(NC(=S)Nc2c(C)nn(Cc3cccc(Cl)c3)c2C)c1. The summed E-state index contributed by atoms with van der Waals surface area (Å²) in [6.07, 6.45) is 0. The zero-order valence-electron chi connectivity index (χ0n) is 16.7. The Hall–Kier alpha value is -2.71. The molecule has 0 saturated heterocycles. The number of halogens is 3. The molecule has 2 N–H and O–H groups in total. The van der Waals surface area contributed by atoms with Crippen LogP contribution in [0.15, 0.2) is 42.5 Å². The van der Waals surface area contributed by atoms with E-state index in [2.05, 4.69) is 20.5 Å². The van der Waals surface area contributed by atoms with Crippen molar-refractivity contribution in [3.8, 4) is 5.75 Å². The van der Waals surface area contributed by atoms with Crippen LogP contribution in [0.5, 0.6) is 5.75 Å². The zero-order chi connectivity index (χ0) is 21.8. The highest BCUT2D eigenvalue weighted by molar-refractivity contribution is 7.80. The molecule has 0 bridgehead atoms. The van der Waals surface area contributed by atoms with Crippen molar-refractivity contribution in [3.63, 3.8) is 0 Å². The molecule has 0 aliphatic rings. The summed E-state index contributed by atoms with van der Waals surface area (Å²) in [6, 6.07) is 12.4. The smallest absolute Gasteiger partial charge is 0.387 e. The highest BCUT2D eigenvalue weighted by Crippen LogP contribution is 2.28. The third-order valence-corrected chi connectivity index (χ3v) is 4.88. The van der Waals surface area contributed by atoms with E-state index >= 15 is 0 Å². The van der Waals surface area contributed by atoms with Crippen LogP contribution >= 0.6 is 23.8 Å². The number of nitrogens with zero attached hydrogens (tertiary/aromatic N) is 2. The average molecular weight is 451 g/mol. The molecule has 0 atom stereocenters. The molecule has 0 aliphatic heterocycles. The van der Waals surface area contributed by atoms with E-state index < -0.39 is 6.61 Å². The molecule has 5 nitrogen and oxygen atoms in total. The lowest BCUT2D eigenvalue weighted by atomic mass is 10.2. The molecule has 0 saturated carbocycles. The normalized spacial score (nSPS) is 10.9. The van der Waals surface area contributed by atoms with Crippen LogP contribution in [0.2, 0.25) is 5.02 Å². The maximum Gasteiger partial charge on any atom is 0.387 e. The molecule has 9 heteroatoms. The van der Waals surface area contributed by atoms with Gasteiger partial charge in [0.1, 0.15) is 5.75 Å². The van der Waals surface area contributed by atoms with Gasteiger partial charge in [-0.1, -0.05) is 29.8 Å². The minimum absolute atomic E-state index is 0.0184. The van der Waals surface area contributed by atoms with Crippen LogP contribution in [-0.4, -0.2) is 21.5 Å². The number of aryl methyl sites for hydroxylation is 2. The molecule has 1 aromatic heterocycles. The van der Waals surface area contributed by atoms with Crippen LogP contribution in [0.25, 0.3) is 0 Å². The van der Waals surface area contributed by atoms with E-state index in [4.69, 9.17) is 23.8 Å². The Morgan fingerprint density at radius 2 is 1.93 bits per heavy atom. The lowest BCUT2D eigenvalue weighted by Crippen LogP contribution is -2.21. The predicted molar refractivity (Wildman–Crippen MR) is 120 cm³/mol. The van der Waals surface area contributed by atoms with E-state index in [1.807, 2.05) is 49.7 Å². The lowest BCUT2D eigenvalue weighted by molar-refractivity contribution is -0.0493. The second-order valence-corrected chi connectivity index (χ2v) is 7.64. The predicted octanol–water partition coefficient (Wildman–Crippen LogP) is 5.92. The summed E-state index contributed by atoms with van der Waals surface area (Å²) >= 11 is 11.5. The van der Waals surface area contributed by atoms with Crippen LogP contribution in [0.1, 0.15) is 22.5 Å². The molecule has 30 heavy (non-hydrogen) atoms. The first kappa shape index (κ1) is 22.0. The number of alkyl halides is 2. The van der Waals surface area contributed by atoms with Gasteiger partial charge in [-0.15, -0.1) is 0 Å². The maximum absolute atomic E-state index is 12.7. The number of nitrogens with one attached hydrogen (secondary N) is 2. The molecule has 0 radical (unpaired) electrons. The Morgan fingerprint density at radius 1 is 1.17 bits per heavy atom. The fraction of sp³-hybridized carbons (Fsp3) is 0.238. The fourth-order valence-corrected chi connectivity index (χ4v) is 3.47. The van der Waals surface area contributed by atoms with Gasteiger partial charge in [0.2, 0.25) is 0 Å². The molecular weight excluding hydrogens is 430 g/mol. The molecule has 0 unspecified atom stereocenters. The summed E-state index contributed by atoms with van der Waals surface area (Å²) in [4.78, 5) is 0. The summed E-state index contributed by atoms with van der Waals surface area (Å²) in [6.45, 7) is 3.27. The van der Waals surface area contributed by atoms with Crippen LogP contribution in [0, 0.1) is 20.8 Å². The molecule has 0 aliphatic carbocycles. The molecule has 3 rings (SSSR count). The summed E-state index contributed by atoms with van der Waals surface area (Å²) in [5.74, 6) is 0.0184. The van der Waals surface area contributed by atoms with Crippen molar-refractivity contribution in [1.82, 2.24) is 9.78 Å². The van der Waals surface area contributed by atoms with E-state index in [1.165, 1.54) is 6.07 Å². The van der Waals surface area contributed by atoms with Crippen LogP contribution < -0.4 is 15.4 Å². The van der Waals surface area contributed by atoms with Gasteiger partial charge < -0.3 is 15.4 Å². The molecule has 0 fully saturated rings. The molecule has 0 amide bonds. The van der Waals surface area contributed by atoms with E-state index in [0.29, 0.717) is 17.3 Å². The Labute approximate surface area is 184 Å². The number of ether oxygens (including phenoxy) is 1. The molecule has 1 heterocycles. The number of hydrogen-bond donors (Lipinski definition) is 2. The molecule has 0 spiro atoms. The van der Waals surface area contributed by atoms with Crippen molar-refractivity contribution >= 4 is 40.3 Å². The Kier molecular flexibility index (Phi) is 6.89. The number of aromatic nitrogens is 2. The summed E-state index contributed by atoms with van der Waals surface area (Å²) in [5.41, 5.74) is 4.64. The monoisotopic (exact) mass is 450 g/mol. The van der Waals surface area contributed by atoms with E-state index in [9.17, 15) is 8.78 Å². The number of rotatable bonds is 6. The first-order valence-corrected chi connectivity index (χ1v) is 9.93. The third kappa shape index (κ3) is 5.46. The summed E-state index contributed by atoms with van der Waals surface area (Å²) < 4.78 is 31.8. The summed E-state index contributed by atoms with van der Waals surface area (Å²) in [5, 5.41) is 11.5. The Bertz CT molecular complexity index is 1070. The number of anilines is 2. The number of benzene rings is 2. The van der Waals surface area contributed by atoms with Gasteiger partial charge in [0, 0.05) is 5.02 Å². The van der Waals surface area contributed by atoms with Crippen molar-refractivity contribution in [2.24, 2.45) is 0 Å². The first-order chi connectivity index (χ1) is 14.2. The molecule has 3 aromatic rings. The van der Waals surface area contributed by atoms with Gasteiger partial charge in [0.25, 0.3) is 0 Å². The van der Waals surface area contributed by atoms with E-state index in [-0.39, 0.29) is 10.9 Å². The molecule has 158 valence electrons. The van der Waals surface area contributed by atoms with Crippen LogP contribution in [0.3, 0.4) is 0 Å². The second-order valence-electron chi connectivity index (χ2n) is 6.79. The highest BCUT2D eigenvalue weighted by Gasteiger charge is 2.15. The van der Waals surface area contributed by atoms with E-state index in [1.54, 1.807) is 12.1 Å². The van der Waals surface area contributed by atoms with Crippen molar-refractivity contribution in [1.29, 1.82) is 0 Å². The van der Waals surface area contributed by atoms with Gasteiger partial charge in [-0.3, -0.25) is 4.68 Å². The minimum Gasteiger partial charge on any atom is -0.433 e. The van der Waals surface area contributed by atoms with Gasteiger partial charge in [0.05, 0.1) is 29.3 Å². The highest BCUT2D eigenvalue weighted by atomic mass is 35.5. The molecule has 2 aromatic carbocycles. The van der Waals surface area contributed by atoms with Crippen LogP contribution in [-0.2, 0) is 6.54 Å². The average Bonchev–Trinajstić information content (AvgIpc) is 2.91. The van der Waals surface area contributed by atoms with Gasteiger partial charge >= 0.3 is 6.61 Å². The van der Waals surface area contributed by atoms with Gasteiger partial charge in [0.15, 0.2) is 5.11 Å². The zero-order valence-corrected chi connectivity index (χ0v) is 18.2. The largest absolute Gasteiger partial charge is 0.433 e. The third-order valence-electron chi connectivity index (χ3n) is 4.44. The second kappa shape index (κ2) is 9.40. The quantitative estimate of drug-likeness (QED) is 0.456. The minimum atomic E-state index is -2.93. The Morgan fingerprint density at radius 3 is 2.63 bits per heavy atom. The van der Waals surface area contributed by atoms with Crippen molar-refractivity contribution in [2.75, 3.05) is 10.6 Å². The fourth-order valence-electron chi connectivity index (χ4n) is 3.05. The van der Waals surface area contributed by atoms with Crippen molar-refractivity contribution < 1.29 is 13.5 Å². The Balaban J connectivity index is 1.76. The van der Waals surface area contributed by atoms with Crippen molar-refractivity contribution in [2.45, 2.75) is 33.9 Å². The maximum atomic E-state index is 12.7. The number of thiocarbonyl (C=S) groups is 1. The van der Waals surface area contributed by atoms with Crippen molar-refractivity contribution in [3.05, 3.63) is 70.0 Å². The van der Waals surface area contributed by atoms with Gasteiger partial charge in [-0.05, 0) is 68.4 Å². The van der Waals surface area contributed by atoms with Crippen LogP contribution in [0.4, 0.5) is 20.2 Å².